The zero-order valence-corrected chi connectivity index (χ0v) is 13.9. The molecule has 0 aliphatic carbocycles. The largest absolute Gasteiger partial charge is 0.353 e. The van der Waals surface area contributed by atoms with Crippen molar-refractivity contribution in [2.45, 2.75) is 25.7 Å². The summed E-state index contributed by atoms with van der Waals surface area (Å²) in [6, 6.07) is 0.0257. The van der Waals surface area contributed by atoms with Crippen LogP contribution in [-0.4, -0.2) is 40.3 Å². The normalized spacial score (nSPS) is 15.3. The van der Waals surface area contributed by atoms with E-state index in [1.165, 1.54) is 40.3 Å². The maximum atomic E-state index is 12.4. The average Bonchev–Trinajstić information content (AvgIpc) is 2.41. The molecule has 0 rings (SSSR count). The molecule has 0 saturated carbocycles. The predicted molar refractivity (Wildman–Crippen MR) is 74.4 cm³/mol. The second-order valence-corrected chi connectivity index (χ2v) is 8.39. The molecule has 0 aromatic heterocycles. The minimum absolute atomic E-state index is 0.0257. The third-order valence-corrected chi connectivity index (χ3v) is 5.89. The van der Waals surface area contributed by atoms with Crippen LogP contribution in [0, 0.1) is 0 Å². The number of nitrogens with one attached hydrogen (secondary N) is 1. The van der Waals surface area contributed by atoms with Gasteiger partial charge in [0.25, 0.3) is 0 Å². The van der Waals surface area contributed by atoms with E-state index in [1.807, 2.05) is 13.8 Å². The summed E-state index contributed by atoms with van der Waals surface area (Å²) in [4.78, 5) is 0. The smallest absolute Gasteiger partial charge is 0.311 e. The maximum Gasteiger partial charge on any atom is 0.353 e. The van der Waals surface area contributed by atoms with Crippen LogP contribution in [0.15, 0.2) is 11.9 Å². The van der Waals surface area contributed by atoms with Crippen molar-refractivity contribution in [3.05, 3.63) is 11.9 Å². The molecular formula is C10H23NO6P2. The first-order valence-electron chi connectivity index (χ1n) is 5.64. The third-order valence-electron chi connectivity index (χ3n) is 2.31. The summed E-state index contributed by atoms with van der Waals surface area (Å²) in [6.07, 6.45) is 1.42. The van der Waals surface area contributed by atoms with E-state index in [0.29, 0.717) is 0 Å². The van der Waals surface area contributed by atoms with Crippen molar-refractivity contribution in [2.24, 2.45) is 0 Å². The highest BCUT2D eigenvalue weighted by atomic mass is 31.2. The predicted octanol–water partition coefficient (Wildman–Crippen LogP) is 2.80. The topological polar surface area (TPSA) is 83.1 Å². The van der Waals surface area contributed by atoms with Gasteiger partial charge in [0.05, 0.1) is 0 Å². The Morgan fingerprint density at radius 2 is 1.42 bits per heavy atom. The lowest BCUT2D eigenvalue weighted by molar-refractivity contribution is 0.263. The highest BCUT2D eigenvalue weighted by Gasteiger charge is 2.33. The zero-order chi connectivity index (χ0) is 15.1. The summed E-state index contributed by atoms with van der Waals surface area (Å²) in [5.41, 5.74) is 0. The second-order valence-electron chi connectivity index (χ2n) is 3.92. The van der Waals surface area contributed by atoms with Crippen molar-refractivity contribution in [1.82, 2.24) is 5.32 Å². The molecule has 9 heteroatoms. The fourth-order valence-corrected chi connectivity index (χ4v) is 3.57. The SMILES string of the molecule is COP(=O)(/C=C/C(NC(C)C)P(=O)(OC)OC)OC. The van der Waals surface area contributed by atoms with Gasteiger partial charge in [-0.1, -0.05) is 0 Å². The van der Waals surface area contributed by atoms with Gasteiger partial charge < -0.3 is 18.1 Å². The van der Waals surface area contributed by atoms with Crippen LogP contribution in [0.2, 0.25) is 0 Å². The first kappa shape index (κ1) is 19.0. The molecule has 0 bridgehead atoms. The minimum atomic E-state index is -3.38. The Balaban J connectivity index is 5.24. The van der Waals surface area contributed by atoms with E-state index in [2.05, 4.69) is 5.32 Å². The summed E-state index contributed by atoms with van der Waals surface area (Å²) in [6.45, 7) is 3.76. The first-order valence-corrected chi connectivity index (χ1v) is 8.87. The van der Waals surface area contributed by atoms with E-state index in [9.17, 15) is 9.13 Å². The Labute approximate surface area is 114 Å². The van der Waals surface area contributed by atoms with Crippen molar-refractivity contribution < 1.29 is 27.2 Å². The van der Waals surface area contributed by atoms with Crippen LogP contribution >= 0.6 is 15.2 Å². The molecule has 7 nitrogen and oxygen atoms in total. The fraction of sp³-hybridized carbons (Fsp3) is 0.800. The molecule has 0 saturated heterocycles. The number of rotatable bonds is 9. The Hall–Kier alpha value is -0.0000000000000000694. The van der Waals surface area contributed by atoms with Gasteiger partial charge in [0.15, 0.2) is 0 Å². The van der Waals surface area contributed by atoms with Crippen molar-refractivity contribution in [3.63, 3.8) is 0 Å². The molecule has 114 valence electrons. The molecular weight excluding hydrogens is 292 g/mol. The Morgan fingerprint density at radius 1 is 0.947 bits per heavy atom. The maximum absolute atomic E-state index is 12.4. The number of hydrogen-bond donors (Lipinski definition) is 1. The Bertz CT molecular complexity index is 368. The molecule has 0 aliphatic rings. The second kappa shape index (κ2) is 8.32. The van der Waals surface area contributed by atoms with Crippen LogP contribution in [0.3, 0.4) is 0 Å². The standard InChI is InChI=1S/C10H23NO6P2/c1-9(2)11-10(19(13,16-5)17-6)7-8-18(12,14-3)15-4/h7-11H,1-6H3/b8-7+. The van der Waals surface area contributed by atoms with Gasteiger partial charge in [0, 0.05) is 40.3 Å². The third kappa shape index (κ3) is 5.88. The molecule has 0 aromatic carbocycles. The monoisotopic (exact) mass is 315 g/mol. The highest BCUT2D eigenvalue weighted by Crippen LogP contribution is 2.53. The molecule has 1 unspecified atom stereocenters. The van der Waals surface area contributed by atoms with E-state index in [-0.39, 0.29) is 6.04 Å². The molecule has 19 heavy (non-hydrogen) atoms. The lowest BCUT2D eigenvalue weighted by Crippen LogP contribution is -2.34. The van der Waals surface area contributed by atoms with Crippen LogP contribution in [0.25, 0.3) is 0 Å². The lowest BCUT2D eigenvalue weighted by Gasteiger charge is -2.24. The molecule has 0 aliphatic heterocycles. The van der Waals surface area contributed by atoms with E-state index < -0.39 is 21.0 Å². The van der Waals surface area contributed by atoms with E-state index in [1.54, 1.807) is 0 Å². The summed E-state index contributed by atoms with van der Waals surface area (Å²) >= 11 is 0. The average molecular weight is 315 g/mol. The van der Waals surface area contributed by atoms with Crippen LogP contribution in [0.5, 0.6) is 0 Å². The molecule has 0 aromatic rings. The van der Waals surface area contributed by atoms with E-state index >= 15 is 0 Å². The van der Waals surface area contributed by atoms with Gasteiger partial charge in [-0.05, 0) is 19.9 Å². The molecule has 0 amide bonds. The van der Waals surface area contributed by atoms with E-state index in [0.717, 1.165) is 0 Å². The Morgan fingerprint density at radius 3 is 1.74 bits per heavy atom. The van der Waals surface area contributed by atoms with Crippen molar-refractivity contribution in [1.29, 1.82) is 0 Å². The van der Waals surface area contributed by atoms with Gasteiger partial charge in [-0.3, -0.25) is 14.4 Å². The summed E-state index contributed by atoms with van der Waals surface area (Å²) in [5, 5.41) is 3.01. The Kier molecular flexibility index (Phi) is 8.32. The number of hydrogen-bond acceptors (Lipinski definition) is 7. The van der Waals surface area contributed by atoms with Crippen molar-refractivity contribution in [3.8, 4) is 0 Å². The van der Waals surface area contributed by atoms with Crippen LogP contribution < -0.4 is 5.32 Å². The molecule has 1 atom stereocenters. The van der Waals surface area contributed by atoms with Crippen molar-refractivity contribution in [2.75, 3.05) is 28.4 Å². The minimum Gasteiger partial charge on any atom is -0.311 e. The fourth-order valence-electron chi connectivity index (χ4n) is 1.28. The van der Waals surface area contributed by atoms with Gasteiger partial charge >= 0.3 is 15.2 Å². The van der Waals surface area contributed by atoms with Gasteiger partial charge in [0.2, 0.25) is 0 Å². The van der Waals surface area contributed by atoms with Crippen molar-refractivity contribution >= 4 is 15.2 Å². The highest BCUT2D eigenvalue weighted by molar-refractivity contribution is 7.57. The van der Waals surface area contributed by atoms with Crippen LogP contribution in [0.4, 0.5) is 0 Å². The van der Waals surface area contributed by atoms with Gasteiger partial charge in [0.1, 0.15) is 5.78 Å². The lowest BCUT2D eigenvalue weighted by atomic mass is 10.4. The molecule has 0 radical (unpaired) electrons. The van der Waals surface area contributed by atoms with Gasteiger partial charge in [-0.25, -0.2) is 0 Å². The summed E-state index contributed by atoms with van der Waals surface area (Å²) in [5.74, 6) is 0.485. The molecule has 0 fully saturated rings. The molecule has 1 N–H and O–H groups in total. The first-order chi connectivity index (χ1) is 8.76. The molecule has 0 heterocycles. The quantitative estimate of drug-likeness (QED) is 0.655. The van der Waals surface area contributed by atoms with Crippen LogP contribution in [0.1, 0.15) is 13.8 Å². The molecule has 0 spiro atoms. The zero-order valence-electron chi connectivity index (χ0n) is 12.2. The van der Waals surface area contributed by atoms with E-state index in [4.69, 9.17) is 18.1 Å². The summed E-state index contributed by atoms with van der Waals surface area (Å²) in [7, 11) is -1.58. The van der Waals surface area contributed by atoms with Gasteiger partial charge in [-0.15, -0.1) is 0 Å². The summed E-state index contributed by atoms with van der Waals surface area (Å²) < 4.78 is 43.7. The van der Waals surface area contributed by atoms with Crippen LogP contribution in [-0.2, 0) is 27.2 Å². The van der Waals surface area contributed by atoms with Gasteiger partial charge in [-0.2, -0.15) is 0 Å².